The van der Waals surface area contributed by atoms with E-state index < -0.39 is 0 Å². The first-order chi connectivity index (χ1) is 12.7. The van der Waals surface area contributed by atoms with Crippen LogP contribution in [0, 0.1) is 6.92 Å². The molecule has 0 amide bonds. The van der Waals surface area contributed by atoms with Crippen molar-refractivity contribution in [3.05, 3.63) is 58.4 Å². The first kappa shape index (κ1) is 16.7. The Morgan fingerprint density at radius 1 is 1.04 bits per heavy atom. The number of benzene rings is 2. The minimum absolute atomic E-state index is 0.0262. The molecule has 2 aromatic carbocycles. The molecule has 3 aromatic rings. The van der Waals surface area contributed by atoms with Crippen molar-refractivity contribution < 1.29 is 9.47 Å². The third-order valence-electron chi connectivity index (χ3n) is 5.20. The van der Waals surface area contributed by atoms with Gasteiger partial charge >= 0.3 is 0 Å². The standard InChI is InChI=1S/C22H23NO3/c1-14-7-12-19(26-17-5-3-4-6-17)21-20(14)22(24)18(13-23-21)15-8-10-16(25-2)11-9-15/h7-13,17H,3-6H2,1-2H3,(H,23,24). The Labute approximate surface area is 152 Å². The fraction of sp³-hybridized carbons (Fsp3) is 0.318. The lowest BCUT2D eigenvalue weighted by molar-refractivity contribution is 0.212. The first-order valence-electron chi connectivity index (χ1n) is 9.13. The summed E-state index contributed by atoms with van der Waals surface area (Å²) >= 11 is 0. The summed E-state index contributed by atoms with van der Waals surface area (Å²) in [5, 5.41) is 0.703. The molecule has 1 saturated carbocycles. The molecule has 0 unspecified atom stereocenters. The molecule has 1 heterocycles. The number of fused-ring (bicyclic) bond motifs is 1. The number of ether oxygens (including phenoxy) is 2. The fourth-order valence-corrected chi connectivity index (χ4v) is 3.74. The molecule has 4 nitrogen and oxygen atoms in total. The molecule has 26 heavy (non-hydrogen) atoms. The monoisotopic (exact) mass is 349 g/mol. The Kier molecular flexibility index (Phi) is 4.41. The van der Waals surface area contributed by atoms with Gasteiger partial charge in [-0.25, -0.2) is 0 Å². The van der Waals surface area contributed by atoms with E-state index in [2.05, 4.69) is 4.98 Å². The van der Waals surface area contributed by atoms with Crippen molar-refractivity contribution in [3.63, 3.8) is 0 Å². The predicted octanol–water partition coefficient (Wildman–Crippen LogP) is 4.83. The maximum atomic E-state index is 13.2. The van der Waals surface area contributed by atoms with Crippen LogP contribution in [0.3, 0.4) is 0 Å². The van der Waals surface area contributed by atoms with Crippen molar-refractivity contribution in [2.24, 2.45) is 0 Å². The van der Waals surface area contributed by atoms with Crippen LogP contribution < -0.4 is 14.9 Å². The van der Waals surface area contributed by atoms with Crippen molar-refractivity contribution in [3.8, 4) is 22.6 Å². The quantitative estimate of drug-likeness (QED) is 0.734. The highest BCUT2D eigenvalue weighted by molar-refractivity contribution is 5.90. The summed E-state index contributed by atoms with van der Waals surface area (Å²) in [5.41, 5.74) is 3.30. The lowest BCUT2D eigenvalue weighted by Crippen LogP contribution is -2.13. The lowest BCUT2D eigenvalue weighted by atomic mass is 10.0. The summed E-state index contributed by atoms with van der Waals surface area (Å²) in [6.07, 6.45) is 6.64. The van der Waals surface area contributed by atoms with E-state index in [0.717, 1.165) is 41.0 Å². The Morgan fingerprint density at radius 2 is 1.77 bits per heavy atom. The third-order valence-corrected chi connectivity index (χ3v) is 5.20. The normalized spacial score (nSPS) is 14.7. The molecule has 0 aliphatic heterocycles. The maximum Gasteiger partial charge on any atom is 0.197 e. The Hall–Kier alpha value is -2.75. The second-order valence-corrected chi connectivity index (χ2v) is 6.91. The van der Waals surface area contributed by atoms with Gasteiger partial charge in [0.1, 0.15) is 11.5 Å². The van der Waals surface area contributed by atoms with Gasteiger partial charge in [0, 0.05) is 11.8 Å². The number of rotatable bonds is 4. The van der Waals surface area contributed by atoms with Crippen LogP contribution in [0.4, 0.5) is 0 Å². The van der Waals surface area contributed by atoms with Crippen LogP contribution in [0.15, 0.2) is 47.4 Å². The second kappa shape index (κ2) is 6.87. The van der Waals surface area contributed by atoms with Gasteiger partial charge in [0.05, 0.1) is 24.1 Å². The van der Waals surface area contributed by atoms with Gasteiger partial charge in [-0.05, 0) is 61.9 Å². The van der Waals surface area contributed by atoms with E-state index >= 15 is 0 Å². The van der Waals surface area contributed by atoms with Crippen LogP contribution in [-0.2, 0) is 0 Å². The van der Waals surface area contributed by atoms with Crippen molar-refractivity contribution >= 4 is 10.9 Å². The molecule has 0 bridgehead atoms. The predicted molar refractivity (Wildman–Crippen MR) is 104 cm³/mol. The number of hydrogen-bond acceptors (Lipinski definition) is 3. The second-order valence-electron chi connectivity index (χ2n) is 6.91. The Bertz CT molecular complexity index is 983. The number of methoxy groups -OCH3 is 1. The van der Waals surface area contributed by atoms with Gasteiger partial charge in [0.25, 0.3) is 0 Å². The highest BCUT2D eigenvalue weighted by atomic mass is 16.5. The first-order valence-corrected chi connectivity index (χ1v) is 9.13. The summed E-state index contributed by atoms with van der Waals surface area (Å²) in [6.45, 7) is 1.97. The number of hydrogen-bond donors (Lipinski definition) is 1. The molecule has 0 spiro atoms. The van der Waals surface area contributed by atoms with E-state index in [4.69, 9.17) is 9.47 Å². The molecule has 1 fully saturated rings. The number of nitrogens with one attached hydrogen (secondary N) is 1. The smallest absolute Gasteiger partial charge is 0.197 e. The van der Waals surface area contributed by atoms with Gasteiger partial charge in [0.15, 0.2) is 5.43 Å². The van der Waals surface area contributed by atoms with Crippen LogP contribution in [0.1, 0.15) is 31.2 Å². The van der Waals surface area contributed by atoms with Gasteiger partial charge in [-0.2, -0.15) is 0 Å². The van der Waals surface area contributed by atoms with E-state index in [1.807, 2.05) is 43.3 Å². The van der Waals surface area contributed by atoms with Gasteiger partial charge < -0.3 is 14.5 Å². The Balaban J connectivity index is 1.81. The van der Waals surface area contributed by atoms with Gasteiger partial charge in [-0.1, -0.05) is 18.2 Å². The lowest BCUT2D eigenvalue weighted by Gasteiger charge is -2.16. The minimum Gasteiger partial charge on any atom is -0.497 e. The number of aromatic nitrogens is 1. The summed E-state index contributed by atoms with van der Waals surface area (Å²) in [7, 11) is 1.63. The highest BCUT2D eigenvalue weighted by Gasteiger charge is 2.19. The molecule has 1 N–H and O–H groups in total. The number of aryl methyl sites for hydroxylation is 1. The number of pyridine rings is 1. The molecular formula is C22H23NO3. The SMILES string of the molecule is COc1ccc(-c2c[nH]c3c(OC4CCCC4)ccc(C)c3c2=O)cc1. The van der Waals surface area contributed by atoms with Gasteiger partial charge in [-0.15, -0.1) is 0 Å². The molecule has 1 aromatic heterocycles. The summed E-state index contributed by atoms with van der Waals surface area (Å²) in [6, 6.07) is 11.5. The van der Waals surface area contributed by atoms with E-state index in [-0.39, 0.29) is 11.5 Å². The van der Waals surface area contributed by atoms with Crippen molar-refractivity contribution in [2.75, 3.05) is 7.11 Å². The average molecular weight is 349 g/mol. The number of H-pyrrole nitrogens is 1. The molecule has 4 heteroatoms. The minimum atomic E-state index is 0.0262. The fourth-order valence-electron chi connectivity index (χ4n) is 3.74. The molecule has 0 atom stereocenters. The van der Waals surface area contributed by atoms with Crippen LogP contribution >= 0.6 is 0 Å². The summed E-state index contributed by atoms with van der Waals surface area (Å²) in [4.78, 5) is 16.5. The largest absolute Gasteiger partial charge is 0.497 e. The third kappa shape index (κ3) is 2.96. The molecule has 0 saturated heterocycles. The summed E-state index contributed by atoms with van der Waals surface area (Å²) in [5.74, 6) is 1.55. The molecule has 0 radical (unpaired) electrons. The van der Waals surface area contributed by atoms with Gasteiger partial charge in [0.2, 0.25) is 0 Å². The zero-order chi connectivity index (χ0) is 18.1. The van der Waals surface area contributed by atoms with Gasteiger partial charge in [-0.3, -0.25) is 4.79 Å². The molecule has 4 rings (SSSR count). The topological polar surface area (TPSA) is 51.3 Å². The highest BCUT2D eigenvalue weighted by Crippen LogP contribution is 2.31. The van der Waals surface area contributed by atoms with Crippen LogP contribution in [0.25, 0.3) is 22.0 Å². The Morgan fingerprint density at radius 3 is 2.46 bits per heavy atom. The molecule has 1 aliphatic carbocycles. The van der Waals surface area contributed by atoms with E-state index in [0.29, 0.717) is 10.9 Å². The van der Waals surface area contributed by atoms with Crippen molar-refractivity contribution in [2.45, 2.75) is 38.7 Å². The van der Waals surface area contributed by atoms with Crippen LogP contribution in [0.5, 0.6) is 11.5 Å². The summed E-state index contributed by atoms with van der Waals surface area (Å²) < 4.78 is 11.4. The molecular weight excluding hydrogens is 326 g/mol. The maximum absolute atomic E-state index is 13.2. The zero-order valence-electron chi connectivity index (χ0n) is 15.2. The van der Waals surface area contributed by atoms with E-state index in [9.17, 15) is 4.79 Å². The van der Waals surface area contributed by atoms with E-state index in [1.165, 1.54) is 12.8 Å². The van der Waals surface area contributed by atoms with Crippen molar-refractivity contribution in [1.82, 2.24) is 4.98 Å². The zero-order valence-corrected chi connectivity index (χ0v) is 15.2. The van der Waals surface area contributed by atoms with Crippen LogP contribution in [0.2, 0.25) is 0 Å². The molecule has 134 valence electrons. The van der Waals surface area contributed by atoms with Crippen LogP contribution in [-0.4, -0.2) is 18.2 Å². The average Bonchev–Trinajstić information content (AvgIpc) is 3.17. The van der Waals surface area contributed by atoms with Crippen molar-refractivity contribution in [1.29, 1.82) is 0 Å². The number of aromatic amines is 1. The van der Waals surface area contributed by atoms with E-state index in [1.54, 1.807) is 13.3 Å². The molecule has 1 aliphatic rings.